The number of amides is 1. The largest absolute Gasteiger partial charge is 0.459 e. The van der Waals surface area contributed by atoms with Gasteiger partial charge in [-0.15, -0.1) is 0 Å². The summed E-state index contributed by atoms with van der Waals surface area (Å²) in [6.07, 6.45) is 4.15. The van der Waals surface area contributed by atoms with Crippen LogP contribution in [0.4, 0.5) is 0 Å². The lowest BCUT2D eigenvalue weighted by molar-refractivity contribution is 0.0953. The first kappa shape index (κ1) is 15.3. The number of carbonyl (C=O) groups excluding carboxylic acids is 1. The summed E-state index contributed by atoms with van der Waals surface area (Å²) in [5, 5.41) is -0.194. The number of carbonyl (C=O) groups is 1. The van der Waals surface area contributed by atoms with Crippen LogP contribution in [0.2, 0.25) is 0 Å². The highest BCUT2D eigenvalue weighted by atomic mass is 32.2. The Hall–Kier alpha value is -2.09. The Bertz CT molecular complexity index is 743. The summed E-state index contributed by atoms with van der Waals surface area (Å²) in [4.78, 5) is 15.7. The number of rotatable bonds is 5. The number of hydrogen-bond acceptors (Lipinski definition) is 5. The number of nitrogens with one attached hydrogen (secondary N) is 1. The summed E-state index contributed by atoms with van der Waals surface area (Å²) >= 11 is 0. The zero-order valence-corrected chi connectivity index (χ0v) is 12.8. The molecular formula is C13H17N3O4S. The maximum atomic E-state index is 12.1. The highest BCUT2D eigenvalue weighted by Crippen LogP contribution is 2.11. The summed E-state index contributed by atoms with van der Waals surface area (Å²) in [5.74, 6) is -0.480. The van der Waals surface area contributed by atoms with E-state index in [-0.39, 0.29) is 10.8 Å². The van der Waals surface area contributed by atoms with Crippen LogP contribution in [0.5, 0.6) is 0 Å². The smallest absolute Gasteiger partial charge is 0.301 e. The van der Waals surface area contributed by atoms with Crippen molar-refractivity contribution in [2.75, 3.05) is 0 Å². The van der Waals surface area contributed by atoms with Crippen molar-refractivity contribution in [3.05, 3.63) is 36.2 Å². The second-order valence-electron chi connectivity index (χ2n) is 5.17. The Morgan fingerprint density at radius 1 is 1.48 bits per heavy atom. The lowest BCUT2D eigenvalue weighted by Crippen LogP contribution is -2.31. The van der Waals surface area contributed by atoms with Crippen LogP contribution in [-0.4, -0.2) is 23.9 Å². The minimum atomic E-state index is -4.01. The van der Waals surface area contributed by atoms with E-state index in [1.165, 1.54) is 18.8 Å². The highest BCUT2D eigenvalue weighted by molar-refractivity contribution is 7.90. The number of nitrogens with zero attached hydrogens (tertiary/aromatic N) is 2. The molecule has 21 heavy (non-hydrogen) atoms. The molecule has 2 rings (SSSR count). The SMILES string of the molecule is Cc1ccoc1C(=O)NS(=O)(=O)c1cn(CC(C)C)cn1. The highest BCUT2D eigenvalue weighted by Gasteiger charge is 2.23. The molecule has 2 aromatic heterocycles. The molecule has 0 spiro atoms. The van der Waals surface area contributed by atoms with E-state index >= 15 is 0 Å². The van der Waals surface area contributed by atoms with E-state index in [1.807, 2.05) is 18.6 Å². The minimum Gasteiger partial charge on any atom is -0.459 e. The van der Waals surface area contributed by atoms with Gasteiger partial charge in [0, 0.05) is 18.3 Å². The van der Waals surface area contributed by atoms with Gasteiger partial charge in [0.2, 0.25) is 0 Å². The molecule has 7 nitrogen and oxygen atoms in total. The molecule has 2 heterocycles. The van der Waals surface area contributed by atoms with Gasteiger partial charge >= 0.3 is 5.91 Å². The Morgan fingerprint density at radius 3 is 2.76 bits per heavy atom. The number of sulfonamides is 1. The van der Waals surface area contributed by atoms with Gasteiger partial charge in [-0.2, -0.15) is 8.42 Å². The molecule has 0 aliphatic carbocycles. The fraction of sp³-hybridized carbons (Fsp3) is 0.385. The fourth-order valence-corrected chi connectivity index (χ4v) is 2.73. The maximum Gasteiger partial charge on any atom is 0.301 e. The van der Waals surface area contributed by atoms with Crippen LogP contribution in [0.3, 0.4) is 0 Å². The molecule has 114 valence electrons. The van der Waals surface area contributed by atoms with Crippen LogP contribution in [0.15, 0.2) is 34.3 Å². The Labute approximate surface area is 123 Å². The molecule has 0 bridgehead atoms. The van der Waals surface area contributed by atoms with Gasteiger partial charge in [0.1, 0.15) is 0 Å². The molecule has 0 fully saturated rings. The van der Waals surface area contributed by atoms with Gasteiger partial charge in [-0.05, 0) is 18.9 Å². The van der Waals surface area contributed by atoms with Crippen molar-refractivity contribution in [2.24, 2.45) is 5.92 Å². The summed E-state index contributed by atoms with van der Waals surface area (Å²) in [6.45, 7) is 6.32. The van der Waals surface area contributed by atoms with Crippen LogP contribution in [0.1, 0.15) is 30.0 Å². The number of aromatic nitrogens is 2. The topological polar surface area (TPSA) is 94.2 Å². The third-order valence-corrected chi connectivity index (χ3v) is 3.97. The monoisotopic (exact) mass is 311 g/mol. The molecule has 0 atom stereocenters. The van der Waals surface area contributed by atoms with E-state index in [9.17, 15) is 13.2 Å². The van der Waals surface area contributed by atoms with Gasteiger partial charge < -0.3 is 8.98 Å². The normalized spacial score (nSPS) is 11.8. The van der Waals surface area contributed by atoms with Crippen LogP contribution >= 0.6 is 0 Å². The third-order valence-electron chi connectivity index (χ3n) is 2.76. The summed E-state index contributed by atoms with van der Waals surface area (Å²) in [7, 11) is -4.01. The third kappa shape index (κ3) is 3.52. The van der Waals surface area contributed by atoms with Gasteiger partial charge in [-0.3, -0.25) is 4.79 Å². The van der Waals surface area contributed by atoms with E-state index in [1.54, 1.807) is 17.6 Å². The number of hydrogen-bond donors (Lipinski definition) is 1. The molecule has 0 aliphatic heterocycles. The predicted molar refractivity (Wildman–Crippen MR) is 75.2 cm³/mol. The molecule has 0 saturated heterocycles. The average molecular weight is 311 g/mol. The van der Waals surface area contributed by atoms with Crippen LogP contribution in [0.25, 0.3) is 0 Å². The molecule has 2 aromatic rings. The van der Waals surface area contributed by atoms with E-state index in [0.717, 1.165) is 0 Å². The maximum absolute atomic E-state index is 12.1. The second kappa shape index (κ2) is 5.72. The molecule has 0 unspecified atom stereocenters. The lowest BCUT2D eigenvalue weighted by atomic mass is 10.2. The van der Waals surface area contributed by atoms with Crippen LogP contribution in [0, 0.1) is 12.8 Å². The van der Waals surface area contributed by atoms with Crippen LogP contribution < -0.4 is 4.72 Å². The molecule has 0 aromatic carbocycles. The minimum absolute atomic E-state index is 0.0276. The number of furan rings is 1. The van der Waals surface area contributed by atoms with E-state index < -0.39 is 15.9 Å². The first-order valence-electron chi connectivity index (χ1n) is 6.42. The van der Waals surface area contributed by atoms with Crippen molar-refractivity contribution < 1.29 is 17.6 Å². The Morgan fingerprint density at radius 2 is 2.19 bits per heavy atom. The van der Waals surface area contributed by atoms with E-state index in [0.29, 0.717) is 18.0 Å². The molecule has 1 amide bonds. The first-order valence-corrected chi connectivity index (χ1v) is 7.91. The molecular weight excluding hydrogens is 294 g/mol. The molecule has 0 saturated carbocycles. The van der Waals surface area contributed by atoms with Crippen LogP contribution in [-0.2, 0) is 16.6 Å². The summed E-state index contributed by atoms with van der Waals surface area (Å²) in [6, 6.07) is 1.58. The van der Waals surface area contributed by atoms with Gasteiger partial charge in [-0.25, -0.2) is 9.71 Å². The van der Waals surface area contributed by atoms with Crippen molar-refractivity contribution in [3.63, 3.8) is 0 Å². The number of aryl methyl sites for hydroxylation is 1. The van der Waals surface area contributed by atoms with Gasteiger partial charge in [0.15, 0.2) is 10.8 Å². The van der Waals surface area contributed by atoms with E-state index in [2.05, 4.69) is 4.98 Å². The van der Waals surface area contributed by atoms with Crippen molar-refractivity contribution in [1.82, 2.24) is 14.3 Å². The first-order chi connectivity index (χ1) is 9.79. The van der Waals surface area contributed by atoms with Gasteiger partial charge in [0.05, 0.1) is 12.6 Å². The quantitative estimate of drug-likeness (QED) is 0.904. The van der Waals surface area contributed by atoms with Crippen molar-refractivity contribution in [3.8, 4) is 0 Å². The Kier molecular flexibility index (Phi) is 4.17. The number of imidazole rings is 1. The zero-order valence-electron chi connectivity index (χ0n) is 12.0. The fourth-order valence-electron chi connectivity index (χ4n) is 1.83. The predicted octanol–water partition coefficient (Wildman–Crippen LogP) is 1.56. The lowest BCUT2D eigenvalue weighted by Gasteiger charge is -2.05. The summed E-state index contributed by atoms with van der Waals surface area (Å²) < 4.78 is 32.8. The summed E-state index contributed by atoms with van der Waals surface area (Å²) in [5.41, 5.74) is 0.563. The van der Waals surface area contributed by atoms with E-state index in [4.69, 9.17) is 4.42 Å². The van der Waals surface area contributed by atoms with Gasteiger partial charge in [0.25, 0.3) is 10.0 Å². The zero-order chi connectivity index (χ0) is 15.6. The van der Waals surface area contributed by atoms with Crippen molar-refractivity contribution >= 4 is 15.9 Å². The van der Waals surface area contributed by atoms with Crippen molar-refractivity contribution in [1.29, 1.82) is 0 Å². The second-order valence-corrected chi connectivity index (χ2v) is 6.80. The van der Waals surface area contributed by atoms with Gasteiger partial charge in [-0.1, -0.05) is 13.8 Å². The van der Waals surface area contributed by atoms with Crippen molar-refractivity contribution in [2.45, 2.75) is 32.3 Å². The average Bonchev–Trinajstić information content (AvgIpc) is 2.97. The Balaban J connectivity index is 2.17. The molecule has 1 N–H and O–H groups in total. The molecule has 0 radical (unpaired) electrons. The standard InChI is InChI=1S/C13H17N3O4S/c1-9(2)6-16-7-11(14-8-16)21(18,19)15-13(17)12-10(3)4-5-20-12/h4-5,7-9H,6H2,1-3H3,(H,15,17). The molecule has 8 heteroatoms. The molecule has 0 aliphatic rings.